The highest BCUT2D eigenvalue weighted by atomic mass is 16.5. The second-order valence-electron chi connectivity index (χ2n) is 4.74. The molecule has 5 heteroatoms. The minimum absolute atomic E-state index is 0.105. The molecule has 1 aromatic carbocycles. The Hall–Kier alpha value is -2.04. The van der Waals surface area contributed by atoms with Crippen LogP contribution in [-0.2, 0) is 14.3 Å². The van der Waals surface area contributed by atoms with Gasteiger partial charge in [0.1, 0.15) is 6.04 Å². The maximum atomic E-state index is 11.7. The maximum absolute atomic E-state index is 11.7. The number of carbonyl (C=O) groups excluding carboxylic acids is 2. The van der Waals surface area contributed by atoms with Crippen molar-refractivity contribution in [2.45, 2.75) is 25.8 Å². The Kier molecular flexibility index (Phi) is 4.04. The predicted octanol–water partition coefficient (Wildman–Crippen LogP) is 2.01. The van der Waals surface area contributed by atoms with Crippen LogP contribution in [0.4, 0.5) is 11.4 Å². The van der Waals surface area contributed by atoms with Crippen LogP contribution in [0.25, 0.3) is 0 Å². The predicted molar refractivity (Wildman–Crippen MR) is 72.9 cm³/mol. The summed E-state index contributed by atoms with van der Waals surface area (Å²) in [6, 6.07) is 6.99. The lowest BCUT2D eigenvalue weighted by Gasteiger charge is -2.17. The molecule has 1 aliphatic rings. The molecular weight excluding hydrogens is 244 g/mol. The average molecular weight is 262 g/mol. The molecule has 1 aliphatic carbocycles. The third-order valence-electron chi connectivity index (χ3n) is 3.08. The lowest BCUT2D eigenvalue weighted by molar-refractivity contribution is -0.142. The van der Waals surface area contributed by atoms with E-state index in [1.807, 2.05) is 12.1 Å². The summed E-state index contributed by atoms with van der Waals surface area (Å²) in [5.74, 6) is 0.0297. The first-order valence-electron chi connectivity index (χ1n) is 6.32. The summed E-state index contributed by atoms with van der Waals surface area (Å²) >= 11 is 0. The van der Waals surface area contributed by atoms with Gasteiger partial charge in [0.05, 0.1) is 7.11 Å². The van der Waals surface area contributed by atoms with Gasteiger partial charge in [-0.1, -0.05) is 0 Å². The number of hydrogen-bond donors (Lipinski definition) is 2. The summed E-state index contributed by atoms with van der Waals surface area (Å²) in [5, 5.41) is 5.88. The Morgan fingerprint density at radius 3 is 2.26 bits per heavy atom. The number of esters is 1. The van der Waals surface area contributed by atoms with E-state index in [1.165, 1.54) is 14.0 Å². The zero-order valence-corrected chi connectivity index (χ0v) is 11.1. The van der Waals surface area contributed by atoms with E-state index in [4.69, 9.17) is 4.74 Å². The fraction of sp³-hybridized carbons (Fsp3) is 0.429. The van der Waals surface area contributed by atoms with Gasteiger partial charge in [0.25, 0.3) is 0 Å². The molecule has 1 unspecified atom stereocenters. The molecule has 1 fully saturated rings. The van der Waals surface area contributed by atoms with Gasteiger partial charge in [-0.2, -0.15) is 0 Å². The smallest absolute Gasteiger partial charge is 0.328 e. The SMILES string of the molecule is COC(=O)C(Nc1ccc(NC(C)=O)cc1)C1CC1. The van der Waals surface area contributed by atoms with E-state index in [-0.39, 0.29) is 17.9 Å². The number of hydrogen-bond acceptors (Lipinski definition) is 4. The molecule has 0 aliphatic heterocycles. The number of rotatable bonds is 5. The van der Waals surface area contributed by atoms with E-state index in [0.717, 1.165) is 24.2 Å². The third-order valence-corrected chi connectivity index (χ3v) is 3.08. The average Bonchev–Trinajstić information content (AvgIpc) is 3.20. The van der Waals surface area contributed by atoms with Crippen LogP contribution in [0.2, 0.25) is 0 Å². The highest BCUT2D eigenvalue weighted by Gasteiger charge is 2.36. The molecule has 1 aromatic rings. The zero-order chi connectivity index (χ0) is 13.8. The number of amides is 1. The first kappa shape index (κ1) is 13.4. The molecule has 5 nitrogen and oxygen atoms in total. The van der Waals surface area contributed by atoms with Gasteiger partial charge in [0, 0.05) is 18.3 Å². The van der Waals surface area contributed by atoms with Gasteiger partial charge >= 0.3 is 5.97 Å². The lowest BCUT2D eigenvalue weighted by Crippen LogP contribution is -2.32. The van der Waals surface area contributed by atoms with Crippen molar-refractivity contribution >= 4 is 23.3 Å². The van der Waals surface area contributed by atoms with Gasteiger partial charge in [-0.25, -0.2) is 4.79 Å². The summed E-state index contributed by atoms with van der Waals surface area (Å²) < 4.78 is 4.80. The van der Waals surface area contributed by atoms with Crippen LogP contribution in [0.15, 0.2) is 24.3 Å². The molecule has 2 N–H and O–H groups in total. The van der Waals surface area contributed by atoms with Crippen molar-refractivity contribution in [2.75, 3.05) is 17.7 Å². The van der Waals surface area contributed by atoms with Gasteiger partial charge in [-0.15, -0.1) is 0 Å². The van der Waals surface area contributed by atoms with Gasteiger partial charge in [-0.3, -0.25) is 4.79 Å². The van der Waals surface area contributed by atoms with Gasteiger partial charge in [0.15, 0.2) is 0 Å². The number of benzene rings is 1. The van der Waals surface area contributed by atoms with Crippen LogP contribution in [-0.4, -0.2) is 25.0 Å². The largest absolute Gasteiger partial charge is 0.467 e. The maximum Gasteiger partial charge on any atom is 0.328 e. The van der Waals surface area contributed by atoms with Crippen LogP contribution < -0.4 is 10.6 Å². The Labute approximate surface area is 112 Å². The Bertz CT molecular complexity index is 466. The monoisotopic (exact) mass is 262 g/mol. The van der Waals surface area contributed by atoms with Gasteiger partial charge in [0.2, 0.25) is 5.91 Å². The van der Waals surface area contributed by atoms with Crippen LogP contribution in [0, 0.1) is 5.92 Å². The molecule has 0 bridgehead atoms. The van der Waals surface area contributed by atoms with E-state index in [0.29, 0.717) is 5.92 Å². The molecule has 0 heterocycles. The van der Waals surface area contributed by atoms with Crippen molar-refractivity contribution in [2.24, 2.45) is 5.92 Å². The van der Waals surface area contributed by atoms with Crippen LogP contribution in [0.5, 0.6) is 0 Å². The van der Waals surface area contributed by atoms with Crippen LogP contribution >= 0.6 is 0 Å². The van der Waals surface area contributed by atoms with E-state index in [2.05, 4.69) is 10.6 Å². The first-order chi connectivity index (χ1) is 9.10. The lowest BCUT2D eigenvalue weighted by atomic mass is 10.1. The van der Waals surface area contributed by atoms with Gasteiger partial charge < -0.3 is 15.4 Å². The standard InChI is InChI=1S/C14H18N2O3/c1-9(17)15-11-5-7-12(8-6-11)16-13(10-3-4-10)14(18)19-2/h5-8,10,13,16H,3-4H2,1-2H3,(H,15,17). The summed E-state index contributed by atoms with van der Waals surface area (Å²) in [4.78, 5) is 22.6. The second kappa shape index (κ2) is 5.73. The number of nitrogens with one attached hydrogen (secondary N) is 2. The number of carbonyl (C=O) groups is 2. The minimum Gasteiger partial charge on any atom is -0.467 e. The number of ether oxygens (including phenoxy) is 1. The summed E-state index contributed by atoms with van der Waals surface area (Å²) in [6.45, 7) is 1.46. The van der Waals surface area contributed by atoms with E-state index >= 15 is 0 Å². The van der Waals surface area contributed by atoms with E-state index in [1.54, 1.807) is 12.1 Å². The minimum atomic E-state index is -0.281. The van der Waals surface area contributed by atoms with Crippen molar-refractivity contribution in [3.8, 4) is 0 Å². The molecule has 2 rings (SSSR count). The van der Waals surface area contributed by atoms with Crippen LogP contribution in [0.3, 0.4) is 0 Å². The van der Waals surface area contributed by atoms with E-state index < -0.39 is 0 Å². The second-order valence-corrected chi connectivity index (χ2v) is 4.74. The van der Waals surface area contributed by atoms with Gasteiger partial charge in [-0.05, 0) is 43.0 Å². The zero-order valence-electron chi connectivity index (χ0n) is 11.1. The molecule has 0 aromatic heterocycles. The number of anilines is 2. The summed E-state index contributed by atoms with van der Waals surface area (Å²) in [5.41, 5.74) is 1.58. The molecule has 19 heavy (non-hydrogen) atoms. The third kappa shape index (κ3) is 3.71. The first-order valence-corrected chi connectivity index (χ1v) is 6.32. The van der Waals surface area contributed by atoms with Crippen molar-refractivity contribution < 1.29 is 14.3 Å². The molecule has 0 spiro atoms. The molecule has 0 radical (unpaired) electrons. The topological polar surface area (TPSA) is 67.4 Å². The van der Waals surface area contributed by atoms with E-state index in [9.17, 15) is 9.59 Å². The Morgan fingerprint density at radius 1 is 1.21 bits per heavy atom. The quantitative estimate of drug-likeness (QED) is 0.796. The highest BCUT2D eigenvalue weighted by Crippen LogP contribution is 2.34. The molecule has 102 valence electrons. The fourth-order valence-electron chi connectivity index (χ4n) is 1.96. The fourth-order valence-corrected chi connectivity index (χ4v) is 1.96. The Morgan fingerprint density at radius 2 is 1.79 bits per heavy atom. The van der Waals surface area contributed by atoms with Crippen molar-refractivity contribution in [1.82, 2.24) is 0 Å². The van der Waals surface area contributed by atoms with Crippen molar-refractivity contribution in [3.05, 3.63) is 24.3 Å². The molecule has 0 saturated heterocycles. The Balaban J connectivity index is 2.01. The molecular formula is C14H18N2O3. The van der Waals surface area contributed by atoms with Crippen molar-refractivity contribution in [3.63, 3.8) is 0 Å². The highest BCUT2D eigenvalue weighted by molar-refractivity contribution is 5.89. The molecule has 1 saturated carbocycles. The summed E-state index contributed by atoms with van der Waals surface area (Å²) in [7, 11) is 1.40. The summed E-state index contributed by atoms with van der Waals surface area (Å²) in [6.07, 6.45) is 2.10. The number of methoxy groups -OCH3 is 1. The molecule has 1 amide bonds. The van der Waals surface area contributed by atoms with Crippen molar-refractivity contribution in [1.29, 1.82) is 0 Å². The van der Waals surface area contributed by atoms with Crippen LogP contribution in [0.1, 0.15) is 19.8 Å². The molecule has 1 atom stereocenters. The normalized spacial score (nSPS) is 15.5.